The molecule has 0 bridgehead atoms. The third kappa shape index (κ3) is 4.23. The van der Waals surface area contributed by atoms with Crippen molar-refractivity contribution in [2.24, 2.45) is 4.99 Å². The number of aryl methyl sites for hydroxylation is 1. The van der Waals surface area contributed by atoms with Crippen molar-refractivity contribution in [1.82, 2.24) is 0 Å². The van der Waals surface area contributed by atoms with Crippen molar-refractivity contribution in [2.75, 3.05) is 22.1 Å². The van der Waals surface area contributed by atoms with Crippen LogP contribution in [0.2, 0.25) is 0 Å². The van der Waals surface area contributed by atoms with Gasteiger partial charge in [-0.15, -0.1) is 0 Å². The predicted molar refractivity (Wildman–Crippen MR) is 115 cm³/mol. The molecule has 0 saturated carbocycles. The Kier molecular flexibility index (Phi) is 5.16. The Morgan fingerprint density at radius 1 is 1.07 bits per heavy atom. The van der Waals surface area contributed by atoms with Crippen molar-refractivity contribution in [3.8, 4) is 0 Å². The molecule has 2 atom stereocenters. The van der Waals surface area contributed by atoms with Crippen molar-refractivity contribution >= 4 is 44.0 Å². The molecular formula is C20H21N3O3S2. The van der Waals surface area contributed by atoms with E-state index in [1.165, 1.54) is 17.3 Å². The number of nitrogens with zero attached hydrogens (tertiary/aromatic N) is 1. The molecule has 0 aromatic heterocycles. The van der Waals surface area contributed by atoms with Gasteiger partial charge in [0.25, 0.3) is 5.91 Å². The zero-order valence-electron chi connectivity index (χ0n) is 15.4. The molecular weight excluding hydrogens is 394 g/mol. The second-order valence-corrected chi connectivity index (χ2v) is 10.3. The van der Waals surface area contributed by atoms with Crippen molar-refractivity contribution in [1.29, 1.82) is 0 Å². The molecule has 8 heteroatoms. The largest absolute Gasteiger partial charge is 0.335 e. The molecule has 28 heavy (non-hydrogen) atoms. The van der Waals surface area contributed by atoms with Crippen LogP contribution in [0, 0.1) is 0 Å². The molecule has 1 saturated heterocycles. The summed E-state index contributed by atoms with van der Waals surface area (Å²) in [5.74, 6) is 0.159. The first-order valence-electron chi connectivity index (χ1n) is 9.14. The summed E-state index contributed by atoms with van der Waals surface area (Å²) in [6.07, 6.45) is 0.962. The van der Waals surface area contributed by atoms with Gasteiger partial charge in [-0.2, -0.15) is 0 Å². The van der Waals surface area contributed by atoms with Crippen LogP contribution in [0.25, 0.3) is 0 Å². The van der Waals surface area contributed by atoms with Gasteiger partial charge in [0.15, 0.2) is 15.0 Å². The number of thioether (sulfide) groups is 1. The number of aliphatic imine (C=N–C) groups is 1. The first-order valence-corrected chi connectivity index (χ1v) is 11.8. The van der Waals surface area contributed by atoms with Gasteiger partial charge in [0.2, 0.25) is 0 Å². The number of hydrogen-bond acceptors (Lipinski definition) is 6. The topological polar surface area (TPSA) is 87.6 Å². The smallest absolute Gasteiger partial charge is 0.255 e. The van der Waals surface area contributed by atoms with Gasteiger partial charge in [0.05, 0.1) is 17.5 Å². The fraction of sp³-hybridized carbons (Fsp3) is 0.300. The first-order chi connectivity index (χ1) is 13.4. The van der Waals surface area contributed by atoms with Gasteiger partial charge in [0.1, 0.15) is 0 Å². The van der Waals surface area contributed by atoms with Crippen molar-refractivity contribution in [3.63, 3.8) is 0 Å². The second-order valence-electron chi connectivity index (χ2n) is 6.94. The van der Waals surface area contributed by atoms with Crippen molar-refractivity contribution in [2.45, 2.75) is 24.6 Å². The zero-order chi connectivity index (χ0) is 19.7. The molecule has 146 valence electrons. The van der Waals surface area contributed by atoms with Gasteiger partial charge in [-0.05, 0) is 48.4 Å². The molecule has 4 rings (SSSR count). The van der Waals surface area contributed by atoms with Crippen molar-refractivity contribution in [3.05, 3.63) is 59.7 Å². The summed E-state index contributed by atoms with van der Waals surface area (Å²) in [6, 6.07) is 14.8. The summed E-state index contributed by atoms with van der Waals surface area (Å²) in [5.41, 5.74) is 3.37. The number of anilines is 2. The number of sulfone groups is 1. The summed E-state index contributed by atoms with van der Waals surface area (Å²) in [4.78, 5) is 16.9. The van der Waals surface area contributed by atoms with E-state index in [1.807, 2.05) is 36.4 Å². The van der Waals surface area contributed by atoms with Crippen LogP contribution >= 0.6 is 11.8 Å². The molecule has 0 spiro atoms. The zero-order valence-corrected chi connectivity index (χ0v) is 17.0. The fourth-order valence-corrected chi connectivity index (χ4v) is 6.95. The number of fused-ring (bicyclic) bond motifs is 1. The van der Waals surface area contributed by atoms with E-state index >= 15 is 0 Å². The predicted octanol–water partition coefficient (Wildman–Crippen LogP) is 3.18. The Labute approximate surface area is 168 Å². The van der Waals surface area contributed by atoms with Crippen LogP contribution in [0.1, 0.15) is 22.8 Å². The SMILES string of the molecule is CCc1ccc(NC(=O)c2ccc(NC3=N[C@H]4CS(=O)(=O)C[C@@H]4S3)cc2)cc1. The van der Waals surface area contributed by atoms with E-state index in [1.54, 1.807) is 12.1 Å². The quantitative estimate of drug-likeness (QED) is 0.801. The van der Waals surface area contributed by atoms with Gasteiger partial charge in [0, 0.05) is 22.2 Å². The molecule has 0 aliphatic carbocycles. The number of rotatable bonds is 4. The Balaban J connectivity index is 1.37. The Morgan fingerprint density at radius 3 is 2.39 bits per heavy atom. The number of carbonyl (C=O) groups is 1. The summed E-state index contributed by atoms with van der Waals surface area (Å²) in [5, 5.41) is 6.85. The van der Waals surface area contributed by atoms with Crippen LogP contribution in [-0.2, 0) is 16.3 Å². The summed E-state index contributed by atoms with van der Waals surface area (Å²) >= 11 is 1.47. The third-order valence-electron chi connectivity index (χ3n) is 4.84. The van der Waals surface area contributed by atoms with E-state index in [0.29, 0.717) is 5.56 Å². The van der Waals surface area contributed by atoms with Crippen LogP contribution in [0.3, 0.4) is 0 Å². The molecule has 2 aromatic rings. The first kappa shape index (κ1) is 19.0. The lowest BCUT2D eigenvalue weighted by molar-refractivity contribution is 0.102. The lowest BCUT2D eigenvalue weighted by Gasteiger charge is -2.09. The molecule has 2 heterocycles. The Morgan fingerprint density at radius 2 is 1.75 bits per heavy atom. The van der Waals surface area contributed by atoms with Crippen molar-refractivity contribution < 1.29 is 13.2 Å². The lowest BCUT2D eigenvalue weighted by atomic mass is 10.1. The average Bonchev–Trinajstić information content (AvgIpc) is 3.15. The lowest BCUT2D eigenvalue weighted by Crippen LogP contribution is -2.13. The number of nitrogens with one attached hydrogen (secondary N) is 2. The number of amidine groups is 1. The molecule has 0 unspecified atom stereocenters. The van der Waals surface area contributed by atoms with E-state index in [0.717, 1.165) is 23.0 Å². The van der Waals surface area contributed by atoms with Crippen LogP contribution < -0.4 is 10.6 Å². The van der Waals surface area contributed by atoms with E-state index in [-0.39, 0.29) is 28.7 Å². The number of hydrogen-bond donors (Lipinski definition) is 2. The second kappa shape index (κ2) is 7.60. The molecule has 2 aliphatic heterocycles. The van der Waals surface area contributed by atoms with E-state index in [4.69, 9.17) is 0 Å². The number of amides is 1. The van der Waals surface area contributed by atoms with E-state index in [2.05, 4.69) is 22.5 Å². The van der Waals surface area contributed by atoms with Gasteiger partial charge < -0.3 is 10.6 Å². The van der Waals surface area contributed by atoms with Gasteiger partial charge in [-0.3, -0.25) is 9.79 Å². The summed E-state index contributed by atoms with van der Waals surface area (Å²) in [7, 11) is -2.95. The highest BCUT2D eigenvalue weighted by Crippen LogP contribution is 2.34. The van der Waals surface area contributed by atoms with Gasteiger partial charge in [-0.1, -0.05) is 30.8 Å². The van der Waals surface area contributed by atoms with E-state index in [9.17, 15) is 13.2 Å². The highest BCUT2D eigenvalue weighted by Gasteiger charge is 2.42. The number of carbonyl (C=O) groups excluding carboxylic acids is 1. The minimum atomic E-state index is -2.95. The Hall–Kier alpha value is -2.32. The minimum Gasteiger partial charge on any atom is -0.335 e. The maximum atomic E-state index is 12.4. The van der Waals surface area contributed by atoms with Crippen LogP contribution in [0.5, 0.6) is 0 Å². The maximum Gasteiger partial charge on any atom is 0.255 e. The molecule has 2 aliphatic rings. The van der Waals surface area contributed by atoms with E-state index < -0.39 is 9.84 Å². The van der Waals surface area contributed by atoms with Gasteiger partial charge >= 0.3 is 0 Å². The summed E-state index contributed by atoms with van der Waals surface area (Å²) < 4.78 is 23.3. The monoisotopic (exact) mass is 415 g/mol. The molecule has 1 fully saturated rings. The van der Waals surface area contributed by atoms with Crippen LogP contribution in [0.15, 0.2) is 53.5 Å². The third-order valence-corrected chi connectivity index (χ3v) is 7.98. The highest BCUT2D eigenvalue weighted by atomic mass is 32.2. The molecule has 0 radical (unpaired) electrons. The average molecular weight is 416 g/mol. The maximum absolute atomic E-state index is 12.4. The highest BCUT2D eigenvalue weighted by molar-refractivity contribution is 8.15. The van der Waals surface area contributed by atoms with Crippen LogP contribution in [-0.4, -0.2) is 42.3 Å². The minimum absolute atomic E-state index is 0.0108. The van der Waals surface area contributed by atoms with Crippen LogP contribution in [0.4, 0.5) is 11.4 Å². The standard InChI is InChI=1S/C20H21N3O3S2/c1-2-13-3-7-15(8-4-13)21-19(24)14-5-9-16(10-6-14)22-20-23-17-11-28(25,26)12-18(17)27-20/h3-10,17-18H,2,11-12H2,1H3,(H,21,24)(H,22,23)/t17-,18-/m0/s1. The molecule has 6 nitrogen and oxygen atoms in total. The summed E-state index contributed by atoms with van der Waals surface area (Å²) in [6.45, 7) is 2.09. The molecule has 1 amide bonds. The number of benzene rings is 2. The van der Waals surface area contributed by atoms with Gasteiger partial charge in [-0.25, -0.2) is 8.42 Å². The Bertz CT molecular complexity index is 1020. The fourth-order valence-electron chi connectivity index (χ4n) is 3.27. The molecule has 2 N–H and O–H groups in total. The normalized spacial score (nSPS) is 22.4. The molecule has 2 aromatic carbocycles.